The maximum absolute atomic E-state index is 12.4. The number of anilines is 1. The van der Waals surface area contributed by atoms with Gasteiger partial charge in [-0.1, -0.05) is 17.8 Å². The number of aromatic nitrogens is 3. The van der Waals surface area contributed by atoms with Crippen LogP contribution in [0.25, 0.3) is 11.4 Å². The fourth-order valence-corrected chi connectivity index (χ4v) is 3.61. The van der Waals surface area contributed by atoms with E-state index >= 15 is 0 Å². The van der Waals surface area contributed by atoms with Gasteiger partial charge in [-0.05, 0) is 42.8 Å². The lowest BCUT2D eigenvalue weighted by Gasteiger charge is -2.10. The fraction of sp³-hybridized carbons (Fsp3) is 0.190. The number of nitro groups is 1. The Labute approximate surface area is 183 Å². The largest absolute Gasteiger partial charge is 0.497 e. The summed E-state index contributed by atoms with van der Waals surface area (Å²) in [6, 6.07) is 11.8. The van der Waals surface area contributed by atoms with Gasteiger partial charge < -0.3 is 10.1 Å². The third-order valence-electron chi connectivity index (χ3n) is 4.40. The molecule has 9 nitrogen and oxygen atoms in total. The van der Waals surface area contributed by atoms with Crippen LogP contribution in [0.2, 0.25) is 0 Å². The number of aryl methyl sites for hydroxylation is 1. The van der Waals surface area contributed by atoms with E-state index in [2.05, 4.69) is 22.1 Å². The number of amides is 1. The molecule has 0 atom stereocenters. The minimum Gasteiger partial charge on any atom is -0.497 e. The number of ether oxygens (including phenoxy) is 1. The van der Waals surface area contributed by atoms with E-state index in [0.717, 1.165) is 11.3 Å². The van der Waals surface area contributed by atoms with E-state index < -0.39 is 4.92 Å². The standard InChI is InChI=1S/C21H21N5O4S/c1-4-11-25-20(15-5-8-17(30-3)9-6-15)23-24-21(25)31-13-19(27)22-18-10-7-16(26(28)29)12-14(18)2/h4-10,12H,1,11,13H2,2-3H3,(H,22,27). The van der Waals surface area contributed by atoms with Crippen molar-refractivity contribution in [3.63, 3.8) is 0 Å². The van der Waals surface area contributed by atoms with Crippen molar-refractivity contribution in [2.24, 2.45) is 0 Å². The monoisotopic (exact) mass is 439 g/mol. The van der Waals surface area contributed by atoms with E-state index in [1.54, 1.807) is 20.1 Å². The van der Waals surface area contributed by atoms with E-state index in [0.29, 0.717) is 28.8 Å². The van der Waals surface area contributed by atoms with E-state index in [4.69, 9.17) is 4.74 Å². The van der Waals surface area contributed by atoms with Crippen molar-refractivity contribution in [3.05, 3.63) is 70.8 Å². The Morgan fingerprint density at radius 3 is 2.65 bits per heavy atom. The number of carbonyl (C=O) groups is 1. The molecule has 1 amide bonds. The summed E-state index contributed by atoms with van der Waals surface area (Å²) < 4.78 is 7.07. The van der Waals surface area contributed by atoms with Crippen LogP contribution in [-0.4, -0.2) is 38.5 Å². The highest BCUT2D eigenvalue weighted by molar-refractivity contribution is 7.99. The molecule has 0 aliphatic rings. The van der Waals surface area contributed by atoms with Gasteiger partial charge in [-0.25, -0.2) is 0 Å². The van der Waals surface area contributed by atoms with Crippen LogP contribution in [0.5, 0.6) is 5.75 Å². The predicted molar refractivity (Wildman–Crippen MR) is 119 cm³/mol. The number of thioether (sulfide) groups is 1. The van der Waals surface area contributed by atoms with Crippen molar-refractivity contribution in [3.8, 4) is 17.1 Å². The number of nitro benzene ring substituents is 1. The van der Waals surface area contributed by atoms with Crippen LogP contribution in [0.15, 0.2) is 60.3 Å². The molecule has 1 N–H and O–H groups in total. The van der Waals surface area contributed by atoms with Gasteiger partial charge in [-0.2, -0.15) is 0 Å². The van der Waals surface area contributed by atoms with Gasteiger partial charge in [0.05, 0.1) is 17.8 Å². The van der Waals surface area contributed by atoms with Gasteiger partial charge in [0, 0.05) is 29.9 Å². The van der Waals surface area contributed by atoms with E-state index in [1.165, 1.54) is 30.0 Å². The molecule has 3 aromatic rings. The second kappa shape index (κ2) is 9.90. The number of nitrogens with one attached hydrogen (secondary N) is 1. The first kappa shape index (κ1) is 22.0. The van der Waals surface area contributed by atoms with Gasteiger partial charge in [0.15, 0.2) is 11.0 Å². The summed E-state index contributed by atoms with van der Waals surface area (Å²) in [6.45, 7) is 5.98. The summed E-state index contributed by atoms with van der Waals surface area (Å²) in [5.41, 5.74) is 1.99. The normalized spacial score (nSPS) is 10.5. The molecule has 0 spiro atoms. The number of methoxy groups -OCH3 is 1. The van der Waals surface area contributed by atoms with Gasteiger partial charge in [-0.3, -0.25) is 19.5 Å². The number of hydrogen-bond acceptors (Lipinski definition) is 7. The molecule has 0 saturated carbocycles. The first-order valence-electron chi connectivity index (χ1n) is 9.29. The van der Waals surface area contributed by atoms with Crippen molar-refractivity contribution in [2.45, 2.75) is 18.6 Å². The van der Waals surface area contributed by atoms with Gasteiger partial charge in [-0.15, -0.1) is 16.8 Å². The summed E-state index contributed by atoms with van der Waals surface area (Å²) in [4.78, 5) is 22.8. The van der Waals surface area contributed by atoms with Crippen LogP contribution < -0.4 is 10.1 Å². The van der Waals surface area contributed by atoms with Crippen LogP contribution in [0.4, 0.5) is 11.4 Å². The molecule has 0 fully saturated rings. The predicted octanol–water partition coefficient (Wildman–Crippen LogP) is 4.09. The van der Waals surface area contributed by atoms with Crippen molar-refractivity contribution in [2.75, 3.05) is 18.2 Å². The molecule has 3 rings (SSSR count). The second-order valence-corrected chi connectivity index (χ2v) is 7.47. The minimum atomic E-state index is -0.471. The molecule has 160 valence electrons. The topological polar surface area (TPSA) is 112 Å². The molecule has 31 heavy (non-hydrogen) atoms. The van der Waals surface area contributed by atoms with Crippen LogP contribution in [0.1, 0.15) is 5.56 Å². The van der Waals surface area contributed by atoms with Crippen molar-refractivity contribution in [1.82, 2.24) is 14.8 Å². The fourth-order valence-electron chi connectivity index (χ4n) is 2.86. The summed E-state index contributed by atoms with van der Waals surface area (Å²) in [5, 5.41) is 22.7. The number of rotatable bonds is 9. The average Bonchev–Trinajstić information content (AvgIpc) is 3.16. The zero-order valence-electron chi connectivity index (χ0n) is 17.1. The van der Waals surface area contributed by atoms with Crippen LogP contribution in [0, 0.1) is 17.0 Å². The van der Waals surface area contributed by atoms with Gasteiger partial charge in [0.1, 0.15) is 5.75 Å². The highest BCUT2D eigenvalue weighted by Crippen LogP contribution is 2.26. The number of nitrogens with zero attached hydrogens (tertiary/aromatic N) is 4. The molecule has 0 radical (unpaired) electrons. The maximum atomic E-state index is 12.4. The maximum Gasteiger partial charge on any atom is 0.269 e. The molecule has 10 heteroatoms. The summed E-state index contributed by atoms with van der Waals surface area (Å²) in [7, 11) is 1.60. The molecule has 1 heterocycles. The van der Waals surface area contributed by atoms with Crippen LogP contribution >= 0.6 is 11.8 Å². The molecule has 0 bridgehead atoms. The average molecular weight is 439 g/mol. The van der Waals surface area contributed by atoms with Crippen molar-refractivity contribution < 1.29 is 14.5 Å². The van der Waals surface area contributed by atoms with Crippen molar-refractivity contribution >= 4 is 29.0 Å². The van der Waals surface area contributed by atoms with E-state index in [9.17, 15) is 14.9 Å². The molecule has 0 saturated heterocycles. The lowest BCUT2D eigenvalue weighted by molar-refractivity contribution is -0.384. The number of hydrogen-bond donors (Lipinski definition) is 1. The van der Waals surface area contributed by atoms with Crippen molar-refractivity contribution in [1.29, 1.82) is 0 Å². The molecular formula is C21H21N5O4S. The Hall–Kier alpha value is -3.66. The third kappa shape index (κ3) is 5.28. The summed E-state index contributed by atoms with van der Waals surface area (Å²) in [6.07, 6.45) is 1.74. The van der Waals surface area contributed by atoms with Gasteiger partial charge in [0.2, 0.25) is 5.91 Å². The lowest BCUT2D eigenvalue weighted by atomic mass is 10.2. The molecule has 2 aromatic carbocycles. The first-order valence-corrected chi connectivity index (χ1v) is 10.3. The Kier molecular flexibility index (Phi) is 7.03. The Balaban J connectivity index is 1.71. The van der Waals surface area contributed by atoms with Gasteiger partial charge >= 0.3 is 0 Å². The van der Waals surface area contributed by atoms with E-state index in [1.807, 2.05) is 28.8 Å². The number of non-ortho nitro benzene ring substituents is 1. The first-order chi connectivity index (χ1) is 14.9. The SMILES string of the molecule is C=CCn1c(SCC(=O)Nc2ccc([N+](=O)[O-])cc2C)nnc1-c1ccc(OC)cc1. The smallest absolute Gasteiger partial charge is 0.269 e. The zero-order chi connectivity index (χ0) is 22.4. The Morgan fingerprint density at radius 1 is 1.29 bits per heavy atom. The lowest BCUT2D eigenvalue weighted by Crippen LogP contribution is -2.15. The third-order valence-corrected chi connectivity index (χ3v) is 5.37. The number of benzene rings is 2. The minimum absolute atomic E-state index is 0.0199. The molecule has 0 aliphatic carbocycles. The summed E-state index contributed by atoms with van der Waals surface area (Å²) in [5.74, 6) is 1.26. The Morgan fingerprint density at radius 2 is 2.03 bits per heavy atom. The summed E-state index contributed by atoms with van der Waals surface area (Å²) >= 11 is 1.25. The number of allylic oxidation sites excluding steroid dienone is 1. The van der Waals surface area contributed by atoms with Gasteiger partial charge in [0.25, 0.3) is 5.69 Å². The second-order valence-electron chi connectivity index (χ2n) is 6.53. The highest BCUT2D eigenvalue weighted by atomic mass is 32.2. The molecule has 0 aliphatic heterocycles. The number of carbonyl (C=O) groups excluding carboxylic acids is 1. The molecular weight excluding hydrogens is 418 g/mol. The van der Waals surface area contributed by atoms with Crippen LogP contribution in [0.3, 0.4) is 0 Å². The van der Waals surface area contributed by atoms with E-state index in [-0.39, 0.29) is 17.3 Å². The molecule has 1 aromatic heterocycles. The quantitative estimate of drug-likeness (QED) is 0.231. The zero-order valence-corrected chi connectivity index (χ0v) is 17.9. The molecule has 0 unspecified atom stereocenters. The van der Waals surface area contributed by atoms with Crippen LogP contribution in [-0.2, 0) is 11.3 Å². The Bertz CT molecular complexity index is 1110. The highest BCUT2D eigenvalue weighted by Gasteiger charge is 2.16.